The van der Waals surface area contributed by atoms with Crippen LogP contribution in [0.2, 0.25) is 0 Å². The molecule has 1 heterocycles. The fraction of sp³-hybridized carbons (Fsp3) is 0.250. The van der Waals surface area contributed by atoms with Crippen molar-refractivity contribution >= 4 is 49.3 Å². The van der Waals surface area contributed by atoms with Crippen molar-refractivity contribution in [3.8, 4) is 11.5 Å². The molecule has 2 aromatic carbocycles. The highest BCUT2D eigenvalue weighted by Gasteiger charge is 2.12. The Hall–Kier alpha value is -2.38. The van der Waals surface area contributed by atoms with Gasteiger partial charge in [0.05, 0.1) is 35.4 Å². The van der Waals surface area contributed by atoms with E-state index in [0.717, 1.165) is 26.8 Å². The maximum atomic E-state index is 12.5. The molecule has 0 saturated carbocycles. The highest BCUT2D eigenvalue weighted by atomic mass is 32.2. The molecule has 0 fully saturated rings. The second kappa shape index (κ2) is 9.01. The van der Waals surface area contributed by atoms with Gasteiger partial charge in [0.2, 0.25) is 5.13 Å². The fourth-order valence-corrected chi connectivity index (χ4v) is 3.88. The lowest BCUT2D eigenvalue weighted by Gasteiger charge is -2.04. The summed E-state index contributed by atoms with van der Waals surface area (Å²) in [4.78, 5) is 21.7. The van der Waals surface area contributed by atoms with E-state index in [9.17, 15) is 4.79 Å². The van der Waals surface area contributed by atoms with Gasteiger partial charge in [-0.1, -0.05) is 11.3 Å². The third-order valence-corrected chi connectivity index (χ3v) is 5.46. The number of thioether (sulfide) groups is 1. The maximum Gasteiger partial charge on any atom is 0.210 e. The molecule has 0 spiro atoms. The first-order valence-electron chi connectivity index (χ1n) is 8.45. The van der Waals surface area contributed by atoms with E-state index >= 15 is 0 Å². The average Bonchev–Trinajstić information content (AvgIpc) is 3.09. The number of hydrogen-bond acceptors (Lipinski definition) is 7. The SMILES string of the molecule is CCOc1ccc2nc(/N=C(/CC(=O)c3ccc(OC)cc3)SC)sc2c1. The minimum atomic E-state index is 0.0190. The fourth-order valence-electron chi connectivity index (χ4n) is 2.48. The first-order valence-corrected chi connectivity index (χ1v) is 10.5. The van der Waals surface area contributed by atoms with Gasteiger partial charge in [-0.15, -0.1) is 11.8 Å². The lowest BCUT2D eigenvalue weighted by molar-refractivity contribution is 0.100. The van der Waals surface area contributed by atoms with Crippen LogP contribution < -0.4 is 9.47 Å². The summed E-state index contributed by atoms with van der Waals surface area (Å²) in [6.07, 6.45) is 2.16. The predicted molar refractivity (Wildman–Crippen MR) is 113 cm³/mol. The standard InChI is InChI=1S/C20H20N2O3S2/c1-4-25-15-9-10-16-18(11-15)27-20(21-16)22-19(26-3)12-17(23)13-5-7-14(24-2)8-6-13/h5-11H,4,12H2,1-3H3/b22-19-. The van der Waals surface area contributed by atoms with E-state index in [2.05, 4.69) is 9.98 Å². The molecule has 140 valence electrons. The van der Waals surface area contributed by atoms with Crippen LogP contribution in [0.5, 0.6) is 11.5 Å². The number of nitrogens with zero attached hydrogens (tertiary/aromatic N) is 2. The second-order valence-corrected chi connectivity index (χ2v) is 7.49. The van der Waals surface area contributed by atoms with Crippen molar-refractivity contribution in [3.63, 3.8) is 0 Å². The minimum Gasteiger partial charge on any atom is -0.497 e. The number of thiazole rings is 1. The van der Waals surface area contributed by atoms with Crippen LogP contribution >= 0.6 is 23.1 Å². The number of aliphatic imine (C=N–C) groups is 1. The number of aromatic nitrogens is 1. The summed E-state index contributed by atoms with van der Waals surface area (Å²) in [5, 5.41) is 1.38. The molecule has 0 amide bonds. The van der Waals surface area contributed by atoms with E-state index in [1.165, 1.54) is 23.1 Å². The molecule has 0 aliphatic rings. The quantitative estimate of drug-likeness (QED) is 0.303. The van der Waals surface area contributed by atoms with Gasteiger partial charge in [0.25, 0.3) is 0 Å². The topological polar surface area (TPSA) is 60.8 Å². The molecular weight excluding hydrogens is 380 g/mol. The first-order chi connectivity index (χ1) is 13.1. The van der Waals surface area contributed by atoms with Crippen LogP contribution in [0.1, 0.15) is 23.7 Å². The average molecular weight is 401 g/mol. The molecule has 0 radical (unpaired) electrons. The molecule has 0 saturated heterocycles. The number of ether oxygens (including phenoxy) is 2. The Balaban J connectivity index is 1.78. The summed E-state index contributed by atoms with van der Waals surface area (Å²) in [7, 11) is 1.60. The van der Waals surface area contributed by atoms with E-state index in [1.807, 2.05) is 31.4 Å². The number of carbonyl (C=O) groups excluding carboxylic acids is 1. The van der Waals surface area contributed by atoms with Crippen LogP contribution in [0.25, 0.3) is 10.2 Å². The molecular formula is C20H20N2O3S2. The van der Waals surface area contributed by atoms with Gasteiger partial charge in [-0.25, -0.2) is 9.98 Å². The molecule has 0 atom stereocenters. The van der Waals surface area contributed by atoms with Crippen LogP contribution in [0.15, 0.2) is 47.5 Å². The number of ketones is 1. The number of rotatable bonds is 7. The third kappa shape index (κ3) is 4.87. The molecule has 0 unspecified atom stereocenters. The minimum absolute atomic E-state index is 0.0190. The number of fused-ring (bicyclic) bond motifs is 1. The zero-order chi connectivity index (χ0) is 19.2. The summed E-state index contributed by atoms with van der Waals surface area (Å²) < 4.78 is 11.7. The Kier molecular flexibility index (Phi) is 6.47. The third-order valence-electron chi connectivity index (χ3n) is 3.84. The Morgan fingerprint density at radius 2 is 1.93 bits per heavy atom. The van der Waals surface area contributed by atoms with Gasteiger partial charge in [-0.2, -0.15) is 0 Å². The molecule has 7 heteroatoms. The summed E-state index contributed by atoms with van der Waals surface area (Å²) in [6.45, 7) is 2.58. The summed E-state index contributed by atoms with van der Waals surface area (Å²) in [5.41, 5.74) is 1.52. The largest absolute Gasteiger partial charge is 0.497 e. The second-order valence-electron chi connectivity index (χ2n) is 5.60. The van der Waals surface area contributed by atoms with Gasteiger partial charge >= 0.3 is 0 Å². The van der Waals surface area contributed by atoms with Crippen LogP contribution in [0, 0.1) is 0 Å². The normalized spacial score (nSPS) is 11.6. The Labute approximate surface area is 166 Å². The van der Waals surface area contributed by atoms with Gasteiger partial charge in [-0.05, 0) is 55.6 Å². The van der Waals surface area contributed by atoms with Crippen molar-refractivity contribution in [3.05, 3.63) is 48.0 Å². The van der Waals surface area contributed by atoms with Gasteiger partial charge in [0.1, 0.15) is 11.5 Å². The van der Waals surface area contributed by atoms with E-state index in [1.54, 1.807) is 31.4 Å². The van der Waals surface area contributed by atoms with Crippen LogP contribution in [-0.2, 0) is 0 Å². The van der Waals surface area contributed by atoms with E-state index in [4.69, 9.17) is 9.47 Å². The van der Waals surface area contributed by atoms with Crippen molar-refractivity contribution in [1.29, 1.82) is 0 Å². The number of carbonyl (C=O) groups is 1. The molecule has 1 aromatic heterocycles. The van der Waals surface area contributed by atoms with Crippen molar-refractivity contribution in [2.45, 2.75) is 13.3 Å². The van der Waals surface area contributed by atoms with Gasteiger partial charge < -0.3 is 9.47 Å². The molecule has 0 bridgehead atoms. The molecule has 0 N–H and O–H groups in total. The predicted octanol–water partition coefficient (Wildman–Crippen LogP) is 5.37. The van der Waals surface area contributed by atoms with Crippen LogP contribution in [0.4, 0.5) is 5.13 Å². The summed E-state index contributed by atoms with van der Waals surface area (Å²) >= 11 is 2.95. The monoisotopic (exact) mass is 400 g/mol. The van der Waals surface area contributed by atoms with Gasteiger partial charge in [0.15, 0.2) is 5.78 Å². The maximum absolute atomic E-state index is 12.5. The van der Waals surface area contributed by atoms with E-state index in [-0.39, 0.29) is 12.2 Å². The van der Waals surface area contributed by atoms with Crippen molar-refractivity contribution < 1.29 is 14.3 Å². The van der Waals surface area contributed by atoms with E-state index < -0.39 is 0 Å². The number of Topliss-reactive ketones (excluding diaryl/α,β-unsaturated/α-hetero) is 1. The molecule has 5 nitrogen and oxygen atoms in total. The highest BCUT2D eigenvalue weighted by molar-refractivity contribution is 8.13. The Morgan fingerprint density at radius 1 is 1.19 bits per heavy atom. The lowest BCUT2D eigenvalue weighted by atomic mass is 10.1. The van der Waals surface area contributed by atoms with Crippen molar-refractivity contribution in [2.24, 2.45) is 4.99 Å². The van der Waals surface area contributed by atoms with Crippen molar-refractivity contribution in [2.75, 3.05) is 20.0 Å². The lowest BCUT2D eigenvalue weighted by Crippen LogP contribution is -2.05. The highest BCUT2D eigenvalue weighted by Crippen LogP contribution is 2.32. The Morgan fingerprint density at radius 3 is 2.59 bits per heavy atom. The van der Waals surface area contributed by atoms with Gasteiger partial charge in [0, 0.05) is 5.56 Å². The molecule has 3 aromatic rings. The van der Waals surface area contributed by atoms with Crippen LogP contribution in [0.3, 0.4) is 0 Å². The van der Waals surface area contributed by atoms with Crippen LogP contribution in [-0.4, -0.2) is 35.8 Å². The van der Waals surface area contributed by atoms with Gasteiger partial charge in [-0.3, -0.25) is 4.79 Å². The number of hydrogen-bond donors (Lipinski definition) is 0. The van der Waals surface area contributed by atoms with E-state index in [0.29, 0.717) is 17.3 Å². The number of methoxy groups -OCH3 is 1. The van der Waals surface area contributed by atoms with Crippen molar-refractivity contribution in [1.82, 2.24) is 4.98 Å². The molecule has 3 rings (SSSR count). The molecule has 0 aliphatic carbocycles. The first kappa shape index (κ1) is 19.4. The molecule has 0 aliphatic heterocycles. The Bertz CT molecular complexity index is 965. The zero-order valence-electron chi connectivity index (χ0n) is 15.4. The summed E-state index contributed by atoms with van der Waals surface area (Å²) in [5.74, 6) is 1.57. The zero-order valence-corrected chi connectivity index (χ0v) is 17.0. The summed E-state index contributed by atoms with van der Waals surface area (Å²) in [6, 6.07) is 12.9. The number of benzene rings is 2. The molecule has 27 heavy (non-hydrogen) atoms. The smallest absolute Gasteiger partial charge is 0.210 e.